The minimum absolute atomic E-state index is 0.0743. The molecule has 9 heteroatoms. The number of hydrogen-bond acceptors (Lipinski definition) is 6. The number of methoxy groups -OCH3 is 1. The molecular formula is C22H25N5O3S. The second-order valence-corrected chi connectivity index (χ2v) is 7.99. The lowest BCUT2D eigenvalue weighted by molar-refractivity contribution is -0.116. The number of hydrogen-bond donors (Lipinski definition) is 2. The third-order valence-corrected chi connectivity index (χ3v) is 5.76. The van der Waals surface area contributed by atoms with Crippen LogP contribution in [0.25, 0.3) is 0 Å². The van der Waals surface area contributed by atoms with Gasteiger partial charge in [0.2, 0.25) is 11.8 Å². The van der Waals surface area contributed by atoms with E-state index in [9.17, 15) is 9.59 Å². The summed E-state index contributed by atoms with van der Waals surface area (Å²) in [5.41, 5.74) is 3.74. The zero-order chi connectivity index (χ0) is 22.4. The molecule has 0 aliphatic rings. The molecule has 0 aliphatic carbocycles. The highest BCUT2D eigenvalue weighted by molar-refractivity contribution is 7.99. The van der Waals surface area contributed by atoms with Gasteiger partial charge in [-0.15, -0.1) is 10.2 Å². The summed E-state index contributed by atoms with van der Waals surface area (Å²) in [7, 11) is 3.36. The fourth-order valence-electron chi connectivity index (χ4n) is 2.79. The molecule has 0 aliphatic heterocycles. The summed E-state index contributed by atoms with van der Waals surface area (Å²) in [5, 5.41) is 14.5. The van der Waals surface area contributed by atoms with E-state index < -0.39 is 0 Å². The molecule has 0 radical (unpaired) electrons. The van der Waals surface area contributed by atoms with Crippen LogP contribution in [0.15, 0.2) is 47.6 Å². The smallest absolute Gasteiger partial charge is 0.234 e. The molecule has 3 rings (SSSR count). The summed E-state index contributed by atoms with van der Waals surface area (Å²) in [5.74, 6) is 1.09. The highest BCUT2D eigenvalue weighted by Gasteiger charge is 2.15. The molecule has 3 aromatic rings. The van der Waals surface area contributed by atoms with Crippen LogP contribution in [-0.4, -0.2) is 39.4 Å². The van der Waals surface area contributed by atoms with Crippen molar-refractivity contribution < 1.29 is 14.3 Å². The van der Waals surface area contributed by atoms with Crippen LogP contribution in [0.2, 0.25) is 0 Å². The van der Waals surface area contributed by atoms with Crippen molar-refractivity contribution in [3.8, 4) is 5.75 Å². The number of ether oxygens (including phenoxy) is 1. The molecule has 0 unspecified atom stereocenters. The average Bonchev–Trinajstić information content (AvgIpc) is 3.09. The molecular weight excluding hydrogens is 414 g/mol. The van der Waals surface area contributed by atoms with Crippen LogP contribution in [0.1, 0.15) is 17.0 Å². The lowest BCUT2D eigenvalue weighted by Crippen LogP contribution is -2.17. The van der Waals surface area contributed by atoms with Crippen LogP contribution in [0, 0.1) is 13.8 Å². The molecule has 0 fully saturated rings. The van der Waals surface area contributed by atoms with Gasteiger partial charge in [0.25, 0.3) is 0 Å². The van der Waals surface area contributed by atoms with E-state index in [1.54, 1.807) is 43.0 Å². The van der Waals surface area contributed by atoms with Gasteiger partial charge in [0.15, 0.2) is 5.16 Å². The van der Waals surface area contributed by atoms with E-state index in [1.807, 2.05) is 32.0 Å². The third kappa shape index (κ3) is 6.08. The van der Waals surface area contributed by atoms with Gasteiger partial charge >= 0.3 is 0 Å². The van der Waals surface area contributed by atoms with Gasteiger partial charge in [-0.1, -0.05) is 17.8 Å². The van der Waals surface area contributed by atoms with Crippen LogP contribution < -0.4 is 15.4 Å². The number of carbonyl (C=O) groups is 2. The number of anilines is 2. The minimum Gasteiger partial charge on any atom is -0.497 e. The van der Waals surface area contributed by atoms with Crippen LogP contribution in [0.3, 0.4) is 0 Å². The fraction of sp³-hybridized carbons (Fsp3) is 0.273. The Labute approximate surface area is 185 Å². The van der Waals surface area contributed by atoms with Crippen molar-refractivity contribution >= 4 is 35.0 Å². The van der Waals surface area contributed by atoms with Crippen molar-refractivity contribution in [1.29, 1.82) is 0 Å². The van der Waals surface area contributed by atoms with E-state index in [-0.39, 0.29) is 24.0 Å². The largest absolute Gasteiger partial charge is 0.497 e. The number of benzene rings is 2. The highest BCUT2D eigenvalue weighted by Crippen LogP contribution is 2.19. The lowest BCUT2D eigenvalue weighted by Gasteiger charge is -2.08. The first-order valence-corrected chi connectivity index (χ1v) is 10.7. The summed E-state index contributed by atoms with van der Waals surface area (Å²) < 4.78 is 6.83. The second-order valence-electron chi connectivity index (χ2n) is 7.05. The van der Waals surface area contributed by atoms with Gasteiger partial charge in [-0.25, -0.2) is 0 Å². The summed E-state index contributed by atoms with van der Waals surface area (Å²) in [6.07, 6.45) is 0.0743. The Kier molecular flexibility index (Phi) is 7.30. The van der Waals surface area contributed by atoms with E-state index in [4.69, 9.17) is 4.74 Å². The van der Waals surface area contributed by atoms with Gasteiger partial charge < -0.3 is 19.9 Å². The topological polar surface area (TPSA) is 98.1 Å². The van der Waals surface area contributed by atoms with E-state index in [2.05, 4.69) is 20.8 Å². The third-order valence-electron chi connectivity index (χ3n) is 4.74. The molecule has 0 bridgehead atoms. The average molecular weight is 440 g/mol. The normalized spacial score (nSPS) is 10.6. The molecule has 0 spiro atoms. The molecule has 2 aromatic carbocycles. The summed E-state index contributed by atoms with van der Waals surface area (Å²) in [4.78, 5) is 24.6. The first-order chi connectivity index (χ1) is 14.9. The minimum atomic E-state index is -0.204. The Bertz CT molecular complexity index is 1080. The van der Waals surface area contributed by atoms with Crippen molar-refractivity contribution in [3.63, 3.8) is 0 Å². The Morgan fingerprint density at radius 1 is 0.968 bits per heavy atom. The lowest BCUT2D eigenvalue weighted by atomic mass is 10.1. The predicted molar refractivity (Wildman–Crippen MR) is 122 cm³/mol. The fourth-order valence-corrected chi connectivity index (χ4v) is 3.52. The maximum atomic E-state index is 12.3. The number of aromatic nitrogens is 3. The van der Waals surface area contributed by atoms with Gasteiger partial charge in [0.05, 0.1) is 19.3 Å². The van der Waals surface area contributed by atoms with Crippen molar-refractivity contribution in [2.75, 3.05) is 23.5 Å². The number of amides is 2. The molecule has 8 nitrogen and oxygen atoms in total. The molecule has 1 aromatic heterocycles. The first-order valence-electron chi connectivity index (χ1n) is 9.68. The number of thioether (sulfide) groups is 1. The first kappa shape index (κ1) is 22.4. The molecule has 0 atom stereocenters. The molecule has 2 N–H and O–H groups in total. The maximum absolute atomic E-state index is 12.3. The van der Waals surface area contributed by atoms with Gasteiger partial charge in [-0.3, -0.25) is 9.59 Å². The zero-order valence-corrected chi connectivity index (χ0v) is 18.7. The molecule has 1 heterocycles. The van der Waals surface area contributed by atoms with Crippen LogP contribution in [0.5, 0.6) is 5.75 Å². The van der Waals surface area contributed by atoms with Gasteiger partial charge in [-0.05, 0) is 61.4 Å². The molecule has 0 saturated heterocycles. The van der Waals surface area contributed by atoms with E-state index in [0.29, 0.717) is 16.7 Å². The molecule has 162 valence electrons. The van der Waals surface area contributed by atoms with Crippen molar-refractivity contribution in [2.24, 2.45) is 7.05 Å². The highest BCUT2D eigenvalue weighted by atomic mass is 32.2. The Morgan fingerprint density at radius 3 is 2.32 bits per heavy atom. The summed E-state index contributed by atoms with van der Waals surface area (Å²) in [6, 6.07) is 12.9. The molecule has 2 amide bonds. The SMILES string of the molecule is COc1ccc(NC(=O)Cc2nnc(SCC(=O)Nc3ccc(C)c(C)c3)n2C)cc1. The van der Waals surface area contributed by atoms with Gasteiger partial charge in [0.1, 0.15) is 11.6 Å². The van der Waals surface area contributed by atoms with E-state index >= 15 is 0 Å². The number of rotatable bonds is 8. The monoisotopic (exact) mass is 439 g/mol. The Morgan fingerprint density at radius 2 is 1.65 bits per heavy atom. The maximum Gasteiger partial charge on any atom is 0.234 e. The second kappa shape index (κ2) is 10.1. The molecule has 0 saturated carbocycles. The van der Waals surface area contributed by atoms with Crippen LogP contribution in [0.4, 0.5) is 11.4 Å². The summed E-state index contributed by atoms with van der Waals surface area (Å²) >= 11 is 1.27. The molecule has 31 heavy (non-hydrogen) atoms. The van der Waals surface area contributed by atoms with Crippen molar-refractivity contribution in [3.05, 3.63) is 59.4 Å². The van der Waals surface area contributed by atoms with Gasteiger partial charge in [0, 0.05) is 18.4 Å². The predicted octanol–water partition coefficient (Wildman–Crippen LogP) is 3.35. The van der Waals surface area contributed by atoms with Gasteiger partial charge in [-0.2, -0.15) is 0 Å². The number of aryl methyl sites for hydroxylation is 2. The van der Waals surface area contributed by atoms with Crippen molar-refractivity contribution in [1.82, 2.24) is 14.8 Å². The van der Waals surface area contributed by atoms with E-state index in [0.717, 1.165) is 17.0 Å². The van der Waals surface area contributed by atoms with Crippen LogP contribution in [-0.2, 0) is 23.1 Å². The zero-order valence-electron chi connectivity index (χ0n) is 17.9. The van der Waals surface area contributed by atoms with E-state index in [1.165, 1.54) is 17.3 Å². The Hall–Kier alpha value is -3.33. The summed E-state index contributed by atoms with van der Waals surface area (Å²) in [6.45, 7) is 4.03. The number of carbonyl (C=O) groups excluding carboxylic acids is 2. The number of nitrogens with one attached hydrogen (secondary N) is 2. The van der Waals surface area contributed by atoms with Crippen LogP contribution >= 0.6 is 11.8 Å². The quantitative estimate of drug-likeness (QED) is 0.523. The Balaban J connectivity index is 1.52. The standard InChI is InChI=1S/C22H25N5O3S/c1-14-5-6-17(11-15(14)2)24-21(29)13-31-22-26-25-19(27(22)3)12-20(28)23-16-7-9-18(30-4)10-8-16/h5-11H,12-13H2,1-4H3,(H,23,28)(H,24,29). The number of nitrogens with zero attached hydrogens (tertiary/aromatic N) is 3. The van der Waals surface area contributed by atoms with Crippen molar-refractivity contribution in [2.45, 2.75) is 25.4 Å².